The van der Waals surface area contributed by atoms with Crippen molar-refractivity contribution in [2.45, 2.75) is 19.9 Å². The summed E-state index contributed by atoms with van der Waals surface area (Å²) >= 11 is 8.72. The normalized spacial score (nSPS) is 18.8. The van der Waals surface area contributed by atoms with Gasteiger partial charge in [0, 0.05) is 30.8 Å². The predicted octanol–water partition coefficient (Wildman–Crippen LogP) is 4.52. The highest BCUT2D eigenvalue weighted by molar-refractivity contribution is 8.26. The van der Waals surface area contributed by atoms with Crippen LogP contribution in [0.1, 0.15) is 29.7 Å². The largest absolute Gasteiger partial charge is 0.354 e. The summed E-state index contributed by atoms with van der Waals surface area (Å²) in [5.74, 6) is 2.41. The third-order valence-corrected chi connectivity index (χ3v) is 8.42. The van der Waals surface area contributed by atoms with Crippen LogP contribution in [0.3, 0.4) is 0 Å². The molecule has 9 heteroatoms. The zero-order chi connectivity index (χ0) is 23.8. The Morgan fingerprint density at radius 1 is 1.09 bits per heavy atom. The molecule has 174 valence electrons. The van der Waals surface area contributed by atoms with Crippen LogP contribution in [-0.4, -0.2) is 49.1 Å². The van der Waals surface area contributed by atoms with Crippen LogP contribution in [0.5, 0.6) is 0 Å². The molecule has 2 aromatic heterocycles. The Balaban J connectivity index is 1.61. The van der Waals surface area contributed by atoms with Crippen LogP contribution in [0.25, 0.3) is 11.7 Å². The van der Waals surface area contributed by atoms with Gasteiger partial charge in [-0.2, -0.15) is 11.8 Å². The number of aryl methyl sites for hydroxylation is 1. The van der Waals surface area contributed by atoms with Crippen LogP contribution < -0.4 is 10.5 Å². The summed E-state index contributed by atoms with van der Waals surface area (Å²) in [7, 11) is 0. The molecule has 0 saturated carbocycles. The van der Waals surface area contributed by atoms with Crippen molar-refractivity contribution in [2.24, 2.45) is 0 Å². The van der Waals surface area contributed by atoms with Gasteiger partial charge in [-0.15, -0.1) is 0 Å². The second kappa shape index (κ2) is 9.56. The Labute approximate surface area is 212 Å². The van der Waals surface area contributed by atoms with E-state index in [1.165, 1.54) is 11.8 Å². The monoisotopic (exact) mass is 508 g/mol. The molecule has 5 rings (SSSR count). The fourth-order valence-corrected chi connectivity index (χ4v) is 6.57. The van der Waals surface area contributed by atoms with E-state index in [0.29, 0.717) is 26.3 Å². The predicted molar refractivity (Wildman–Crippen MR) is 146 cm³/mol. The van der Waals surface area contributed by atoms with Gasteiger partial charge in [0.1, 0.15) is 15.8 Å². The van der Waals surface area contributed by atoms with E-state index in [1.807, 2.05) is 68.1 Å². The van der Waals surface area contributed by atoms with E-state index in [-0.39, 0.29) is 17.5 Å². The molecule has 0 bridgehead atoms. The minimum absolute atomic E-state index is 0.177. The summed E-state index contributed by atoms with van der Waals surface area (Å²) in [6.07, 6.45) is 3.42. The van der Waals surface area contributed by atoms with E-state index in [9.17, 15) is 9.59 Å². The summed E-state index contributed by atoms with van der Waals surface area (Å²) < 4.78 is 2.06. The molecule has 3 aromatic rings. The first-order valence-electron chi connectivity index (χ1n) is 11.1. The molecule has 4 heterocycles. The van der Waals surface area contributed by atoms with Crippen molar-refractivity contribution in [3.8, 4) is 0 Å². The molecule has 2 saturated heterocycles. The van der Waals surface area contributed by atoms with Crippen LogP contribution in [0, 0.1) is 6.92 Å². The molecule has 2 aliphatic heterocycles. The van der Waals surface area contributed by atoms with Crippen molar-refractivity contribution in [3.63, 3.8) is 0 Å². The van der Waals surface area contributed by atoms with E-state index in [2.05, 4.69) is 4.90 Å². The van der Waals surface area contributed by atoms with E-state index in [1.54, 1.807) is 21.6 Å². The smallest absolute Gasteiger partial charge is 0.267 e. The van der Waals surface area contributed by atoms with Crippen molar-refractivity contribution in [1.82, 2.24) is 14.3 Å². The maximum Gasteiger partial charge on any atom is 0.267 e. The van der Waals surface area contributed by atoms with Gasteiger partial charge in [0.15, 0.2) is 0 Å². The number of thioether (sulfide) groups is 2. The van der Waals surface area contributed by atoms with Crippen LogP contribution in [-0.2, 0) is 4.79 Å². The minimum Gasteiger partial charge on any atom is -0.354 e. The van der Waals surface area contributed by atoms with Gasteiger partial charge in [0.2, 0.25) is 0 Å². The summed E-state index contributed by atoms with van der Waals surface area (Å²) in [6.45, 7) is 5.54. The van der Waals surface area contributed by atoms with E-state index in [0.717, 1.165) is 35.7 Å². The Kier molecular flexibility index (Phi) is 6.50. The fourth-order valence-electron chi connectivity index (χ4n) is 4.27. The summed E-state index contributed by atoms with van der Waals surface area (Å²) in [6, 6.07) is 13.4. The van der Waals surface area contributed by atoms with Crippen molar-refractivity contribution in [3.05, 3.63) is 80.6 Å². The number of thiocarbonyl (C=S) groups is 1. The van der Waals surface area contributed by atoms with Crippen LogP contribution >= 0.6 is 35.7 Å². The van der Waals surface area contributed by atoms with Crippen LogP contribution in [0.15, 0.2) is 58.4 Å². The first-order valence-corrected chi connectivity index (χ1v) is 13.5. The van der Waals surface area contributed by atoms with Gasteiger partial charge in [0.05, 0.1) is 16.5 Å². The number of aromatic nitrogens is 2. The Hall–Kier alpha value is -2.62. The third-order valence-electron chi connectivity index (χ3n) is 6.14. The van der Waals surface area contributed by atoms with Gasteiger partial charge >= 0.3 is 0 Å². The van der Waals surface area contributed by atoms with Gasteiger partial charge in [-0.05, 0) is 37.1 Å². The summed E-state index contributed by atoms with van der Waals surface area (Å²) in [4.78, 5) is 36.2. The average Bonchev–Trinajstić information content (AvgIpc) is 3.14. The Morgan fingerprint density at radius 3 is 2.56 bits per heavy atom. The number of carbonyl (C=O) groups is 1. The van der Waals surface area contributed by atoms with Crippen LogP contribution in [0.2, 0.25) is 0 Å². The zero-order valence-electron chi connectivity index (χ0n) is 18.9. The van der Waals surface area contributed by atoms with Crippen molar-refractivity contribution in [1.29, 1.82) is 0 Å². The number of fused-ring (bicyclic) bond motifs is 1. The number of pyridine rings is 1. The average molecular weight is 509 g/mol. The molecular formula is C25H24N4O2S3. The summed E-state index contributed by atoms with van der Waals surface area (Å²) in [5, 5.41) is 0. The molecule has 0 aliphatic carbocycles. The lowest BCUT2D eigenvalue weighted by atomic mass is 10.1. The summed E-state index contributed by atoms with van der Waals surface area (Å²) in [5.41, 5.74) is 2.84. The number of benzene rings is 1. The van der Waals surface area contributed by atoms with Gasteiger partial charge in [-0.1, -0.05) is 60.4 Å². The van der Waals surface area contributed by atoms with Crippen LogP contribution in [0.4, 0.5) is 5.82 Å². The van der Waals surface area contributed by atoms with Gasteiger partial charge in [-0.3, -0.25) is 18.9 Å². The molecule has 2 fully saturated rings. The molecular weight excluding hydrogens is 485 g/mol. The highest BCUT2D eigenvalue weighted by Crippen LogP contribution is 2.38. The highest BCUT2D eigenvalue weighted by atomic mass is 32.2. The lowest BCUT2D eigenvalue weighted by Gasteiger charge is -2.29. The molecule has 34 heavy (non-hydrogen) atoms. The SMILES string of the molecule is Cc1cccn2c(=O)c(C=C3SC(=S)N(C(C)c4ccccc4)C3=O)c(N3CCSCC3)nc12. The van der Waals surface area contributed by atoms with E-state index >= 15 is 0 Å². The lowest BCUT2D eigenvalue weighted by molar-refractivity contribution is -0.123. The quantitative estimate of drug-likeness (QED) is 0.379. The maximum absolute atomic E-state index is 13.6. The van der Waals surface area contributed by atoms with Crippen molar-refractivity contribution >= 4 is 63.5 Å². The highest BCUT2D eigenvalue weighted by Gasteiger charge is 2.36. The fraction of sp³-hybridized carbons (Fsp3) is 0.280. The van der Waals surface area contributed by atoms with Crippen molar-refractivity contribution < 1.29 is 4.79 Å². The number of rotatable bonds is 4. The number of carbonyl (C=O) groups excluding carboxylic acids is 1. The molecule has 1 unspecified atom stereocenters. The molecule has 6 nitrogen and oxygen atoms in total. The second-order valence-electron chi connectivity index (χ2n) is 8.28. The number of hydrogen-bond acceptors (Lipinski definition) is 7. The minimum atomic E-state index is -0.198. The Bertz CT molecular complexity index is 1360. The molecule has 0 N–H and O–H groups in total. The van der Waals surface area contributed by atoms with Crippen molar-refractivity contribution in [2.75, 3.05) is 29.5 Å². The molecule has 0 radical (unpaired) electrons. The number of amides is 1. The van der Waals surface area contributed by atoms with E-state index in [4.69, 9.17) is 17.2 Å². The number of hydrogen-bond donors (Lipinski definition) is 0. The number of anilines is 1. The standard InChI is InChI=1S/C25H24N4O2S3/c1-16-7-6-10-28-21(16)26-22(27-11-13-33-14-12-27)19(23(28)30)15-20-24(31)29(25(32)34-20)17(2)18-8-4-3-5-9-18/h3-10,15,17H,11-14H2,1-2H3. The molecule has 1 amide bonds. The van der Waals surface area contributed by atoms with E-state index < -0.39 is 0 Å². The number of nitrogens with zero attached hydrogens (tertiary/aromatic N) is 4. The van der Waals surface area contributed by atoms with Gasteiger partial charge in [-0.25, -0.2) is 4.98 Å². The first kappa shape index (κ1) is 23.1. The third kappa shape index (κ3) is 4.16. The molecule has 2 aliphatic rings. The Morgan fingerprint density at radius 2 is 1.82 bits per heavy atom. The first-order chi connectivity index (χ1) is 16.5. The van der Waals surface area contributed by atoms with Gasteiger partial charge < -0.3 is 4.90 Å². The zero-order valence-corrected chi connectivity index (χ0v) is 21.4. The van der Waals surface area contributed by atoms with Gasteiger partial charge in [0.25, 0.3) is 11.5 Å². The molecule has 1 atom stereocenters. The second-order valence-corrected chi connectivity index (χ2v) is 11.2. The molecule has 0 spiro atoms. The topological polar surface area (TPSA) is 57.9 Å². The maximum atomic E-state index is 13.6. The lowest BCUT2D eigenvalue weighted by Crippen LogP contribution is -2.36. The molecule has 1 aromatic carbocycles.